The van der Waals surface area contributed by atoms with Gasteiger partial charge < -0.3 is 15.7 Å². The van der Waals surface area contributed by atoms with Crippen molar-refractivity contribution in [2.45, 2.75) is 37.6 Å². The first-order valence-corrected chi connectivity index (χ1v) is 9.17. The molecule has 27 heavy (non-hydrogen) atoms. The van der Waals surface area contributed by atoms with Crippen molar-refractivity contribution in [1.82, 2.24) is 4.90 Å². The van der Waals surface area contributed by atoms with Crippen LogP contribution in [0, 0.1) is 10.1 Å². The van der Waals surface area contributed by atoms with Gasteiger partial charge in [-0.05, 0) is 44.8 Å². The maximum atomic E-state index is 12.3. The van der Waals surface area contributed by atoms with E-state index in [-0.39, 0.29) is 17.2 Å². The van der Waals surface area contributed by atoms with Gasteiger partial charge in [0.1, 0.15) is 5.54 Å². The SMILES string of the molecule is NC(=O)C1(N2CCCCC2)CCN(c2ccc([N+](=O)[O-])cc2C(=O)O)CC1. The maximum absolute atomic E-state index is 12.3. The zero-order chi connectivity index (χ0) is 19.6. The number of piperidine rings is 2. The van der Waals surface area contributed by atoms with Gasteiger partial charge in [-0.25, -0.2) is 4.79 Å². The molecule has 0 aliphatic carbocycles. The van der Waals surface area contributed by atoms with E-state index in [2.05, 4.69) is 4.90 Å². The predicted molar refractivity (Wildman–Crippen MR) is 98.9 cm³/mol. The van der Waals surface area contributed by atoms with Crippen LogP contribution >= 0.6 is 0 Å². The first-order valence-electron chi connectivity index (χ1n) is 9.17. The van der Waals surface area contributed by atoms with Gasteiger partial charge in [0.15, 0.2) is 0 Å². The van der Waals surface area contributed by atoms with Crippen molar-refractivity contribution in [3.63, 3.8) is 0 Å². The number of nitrogens with two attached hydrogens (primary N) is 1. The van der Waals surface area contributed by atoms with Gasteiger partial charge in [0.05, 0.1) is 16.2 Å². The molecule has 2 aliphatic rings. The van der Waals surface area contributed by atoms with Gasteiger partial charge in [-0.2, -0.15) is 0 Å². The Morgan fingerprint density at radius 1 is 1.11 bits per heavy atom. The third-order valence-electron chi connectivity index (χ3n) is 5.77. The van der Waals surface area contributed by atoms with Gasteiger partial charge in [0.25, 0.3) is 5.69 Å². The van der Waals surface area contributed by atoms with Crippen molar-refractivity contribution < 1.29 is 19.6 Å². The van der Waals surface area contributed by atoms with Crippen molar-refractivity contribution >= 4 is 23.3 Å². The summed E-state index contributed by atoms with van der Waals surface area (Å²) in [6.45, 7) is 2.64. The number of anilines is 1. The number of hydrogen-bond donors (Lipinski definition) is 2. The molecule has 2 aliphatic heterocycles. The summed E-state index contributed by atoms with van der Waals surface area (Å²) in [7, 11) is 0. The standard InChI is InChI=1S/C18H24N4O5/c19-17(25)18(21-8-2-1-3-9-21)6-10-20(11-7-18)15-5-4-13(22(26)27)12-14(15)16(23)24/h4-5,12H,1-3,6-11H2,(H2,19,25)(H,23,24). The zero-order valence-electron chi connectivity index (χ0n) is 15.1. The van der Waals surface area contributed by atoms with Crippen molar-refractivity contribution in [1.29, 1.82) is 0 Å². The highest BCUT2D eigenvalue weighted by molar-refractivity contribution is 5.95. The predicted octanol–water partition coefficient (Wildman–Crippen LogP) is 1.60. The van der Waals surface area contributed by atoms with E-state index in [9.17, 15) is 24.8 Å². The molecule has 0 unspecified atom stereocenters. The van der Waals surface area contributed by atoms with Crippen LogP contribution in [0.2, 0.25) is 0 Å². The number of aromatic carboxylic acids is 1. The van der Waals surface area contributed by atoms with E-state index < -0.39 is 16.4 Å². The lowest BCUT2D eigenvalue weighted by Crippen LogP contribution is -2.63. The summed E-state index contributed by atoms with van der Waals surface area (Å²) in [6, 6.07) is 3.86. The second-order valence-corrected chi connectivity index (χ2v) is 7.19. The topological polar surface area (TPSA) is 130 Å². The minimum absolute atomic E-state index is 0.103. The first kappa shape index (κ1) is 19.1. The molecule has 1 amide bonds. The monoisotopic (exact) mass is 376 g/mol. The van der Waals surface area contributed by atoms with Crippen molar-refractivity contribution in [2.24, 2.45) is 5.73 Å². The Bertz CT molecular complexity index is 752. The Labute approximate surface area is 156 Å². The molecule has 1 aromatic rings. The summed E-state index contributed by atoms with van der Waals surface area (Å²) < 4.78 is 0. The fourth-order valence-electron chi connectivity index (χ4n) is 4.24. The molecule has 0 saturated carbocycles. The number of nitrogens with zero attached hydrogens (tertiary/aromatic N) is 3. The van der Waals surface area contributed by atoms with Gasteiger partial charge in [-0.3, -0.25) is 19.8 Å². The van der Waals surface area contributed by atoms with Crippen LogP contribution in [0.3, 0.4) is 0 Å². The van der Waals surface area contributed by atoms with Crippen molar-refractivity contribution in [3.8, 4) is 0 Å². The van der Waals surface area contributed by atoms with Crippen LogP contribution < -0.4 is 10.6 Å². The molecule has 0 aromatic heterocycles. The third kappa shape index (κ3) is 3.59. The summed E-state index contributed by atoms with van der Waals surface area (Å²) in [5.74, 6) is -1.54. The Morgan fingerprint density at radius 2 is 1.74 bits per heavy atom. The molecule has 2 heterocycles. The average Bonchev–Trinajstić information content (AvgIpc) is 2.68. The summed E-state index contributed by atoms with van der Waals surface area (Å²) in [5.41, 5.74) is 5.16. The van der Waals surface area contributed by atoms with Gasteiger partial charge in [-0.15, -0.1) is 0 Å². The number of nitro groups is 1. The number of carbonyl (C=O) groups excluding carboxylic acids is 1. The van der Waals surface area contributed by atoms with Crippen LogP contribution in [0.4, 0.5) is 11.4 Å². The molecule has 0 bridgehead atoms. The first-order chi connectivity index (χ1) is 12.8. The lowest BCUT2D eigenvalue weighted by molar-refractivity contribution is -0.384. The maximum Gasteiger partial charge on any atom is 0.338 e. The smallest absolute Gasteiger partial charge is 0.338 e. The fourth-order valence-corrected chi connectivity index (χ4v) is 4.24. The lowest BCUT2D eigenvalue weighted by Gasteiger charge is -2.48. The number of likely N-dealkylation sites (tertiary alicyclic amines) is 1. The minimum atomic E-state index is -1.21. The third-order valence-corrected chi connectivity index (χ3v) is 5.77. The van der Waals surface area contributed by atoms with Crippen molar-refractivity contribution in [3.05, 3.63) is 33.9 Å². The molecule has 146 valence electrons. The second-order valence-electron chi connectivity index (χ2n) is 7.19. The van der Waals surface area contributed by atoms with Crippen LogP contribution in [-0.4, -0.2) is 58.5 Å². The summed E-state index contributed by atoms with van der Waals surface area (Å²) in [4.78, 5) is 38.3. The number of rotatable bonds is 5. The number of carbonyl (C=O) groups is 2. The van der Waals surface area contributed by atoms with E-state index in [0.29, 0.717) is 31.6 Å². The number of carboxylic acids is 1. The van der Waals surface area contributed by atoms with E-state index in [0.717, 1.165) is 38.4 Å². The Hall–Kier alpha value is -2.68. The number of hydrogen-bond acceptors (Lipinski definition) is 6. The quantitative estimate of drug-likeness (QED) is 0.589. The summed E-state index contributed by atoms with van der Waals surface area (Å²) >= 11 is 0. The van der Waals surface area contributed by atoms with Gasteiger partial charge >= 0.3 is 5.97 Å². The van der Waals surface area contributed by atoms with Gasteiger partial charge in [0.2, 0.25) is 5.91 Å². The van der Waals surface area contributed by atoms with E-state index in [1.165, 1.54) is 12.1 Å². The summed E-state index contributed by atoms with van der Waals surface area (Å²) in [6.07, 6.45) is 4.27. The van der Waals surface area contributed by atoms with Crippen LogP contribution in [-0.2, 0) is 4.79 Å². The van der Waals surface area contributed by atoms with Crippen LogP contribution in [0.5, 0.6) is 0 Å². The molecular weight excluding hydrogens is 352 g/mol. The largest absolute Gasteiger partial charge is 0.478 e. The molecule has 9 heteroatoms. The van der Waals surface area contributed by atoms with E-state index in [1.54, 1.807) is 0 Å². The highest BCUT2D eigenvalue weighted by Crippen LogP contribution is 2.35. The minimum Gasteiger partial charge on any atom is -0.478 e. The zero-order valence-corrected chi connectivity index (χ0v) is 15.1. The number of carboxylic acid groups (broad SMARTS) is 1. The average molecular weight is 376 g/mol. The number of primary amides is 1. The van der Waals surface area contributed by atoms with E-state index in [1.807, 2.05) is 4.90 Å². The van der Waals surface area contributed by atoms with Crippen LogP contribution in [0.1, 0.15) is 42.5 Å². The van der Waals surface area contributed by atoms with E-state index in [4.69, 9.17) is 5.73 Å². The molecule has 2 fully saturated rings. The highest BCUT2D eigenvalue weighted by atomic mass is 16.6. The Balaban J connectivity index is 1.83. The van der Waals surface area contributed by atoms with Crippen molar-refractivity contribution in [2.75, 3.05) is 31.1 Å². The normalized spacial score (nSPS) is 20.2. The molecule has 3 N–H and O–H groups in total. The number of amides is 1. The Morgan fingerprint density at radius 3 is 2.26 bits per heavy atom. The second kappa shape index (κ2) is 7.51. The molecule has 2 saturated heterocycles. The van der Waals surface area contributed by atoms with Crippen LogP contribution in [0.15, 0.2) is 18.2 Å². The molecule has 0 radical (unpaired) electrons. The molecule has 0 atom stereocenters. The lowest BCUT2D eigenvalue weighted by atomic mass is 9.83. The molecule has 9 nitrogen and oxygen atoms in total. The molecule has 1 aromatic carbocycles. The number of benzene rings is 1. The number of nitro benzene ring substituents is 1. The van der Waals surface area contributed by atoms with Crippen LogP contribution in [0.25, 0.3) is 0 Å². The van der Waals surface area contributed by atoms with E-state index >= 15 is 0 Å². The molecule has 0 spiro atoms. The van der Waals surface area contributed by atoms with Gasteiger partial charge in [0, 0.05) is 25.2 Å². The molecular formula is C18H24N4O5. The fraction of sp³-hybridized carbons (Fsp3) is 0.556. The Kier molecular flexibility index (Phi) is 5.31. The summed E-state index contributed by atoms with van der Waals surface area (Å²) in [5, 5.41) is 20.4. The highest BCUT2D eigenvalue weighted by Gasteiger charge is 2.45. The van der Waals surface area contributed by atoms with Gasteiger partial charge in [-0.1, -0.05) is 6.42 Å². The molecule has 3 rings (SSSR count). The number of non-ortho nitro benzene ring substituents is 1.